The van der Waals surface area contributed by atoms with E-state index in [0.717, 1.165) is 50.9 Å². The molecule has 0 bridgehead atoms. The van der Waals surface area contributed by atoms with Gasteiger partial charge in [0.25, 0.3) is 0 Å². The molecule has 3 rings (SSSR count). The minimum absolute atomic E-state index is 0.111. The molecule has 7 heteroatoms. The first-order chi connectivity index (χ1) is 15.3. The molecule has 1 saturated heterocycles. The molecule has 3 amide bonds. The topological polar surface area (TPSA) is 82.7 Å². The number of urea groups is 1. The van der Waals surface area contributed by atoms with Crippen molar-refractivity contribution in [3.63, 3.8) is 0 Å². The zero-order valence-corrected chi connectivity index (χ0v) is 19.9. The highest BCUT2D eigenvalue weighted by Crippen LogP contribution is 2.20. The number of anilines is 1. The minimum Gasteiger partial charge on any atom is -0.444 e. The zero-order valence-electron chi connectivity index (χ0n) is 19.9. The Morgan fingerprint density at radius 2 is 1.62 bits per heavy atom. The predicted octanol–water partition coefficient (Wildman–Crippen LogP) is 4.67. The minimum atomic E-state index is -0.479. The molecule has 0 aromatic heterocycles. The van der Waals surface area contributed by atoms with Crippen molar-refractivity contribution in [3.8, 4) is 0 Å². The van der Waals surface area contributed by atoms with Crippen LogP contribution in [-0.4, -0.2) is 54.3 Å². The summed E-state index contributed by atoms with van der Waals surface area (Å²) in [6.07, 6.45) is 8.30. The molecule has 1 heterocycles. The number of nitrogens with one attached hydrogen (secondary N) is 3. The van der Waals surface area contributed by atoms with Crippen molar-refractivity contribution in [3.05, 3.63) is 29.8 Å². The van der Waals surface area contributed by atoms with Crippen LogP contribution in [0.2, 0.25) is 0 Å². The third-order valence-electron chi connectivity index (χ3n) is 6.12. The predicted molar refractivity (Wildman–Crippen MR) is 128 cm³/mol. The van der Waals surface area contributed by atoms with Gasteiger partial charge in [0.15, 0.2) is 0 Å². The monoisotopic (exact) mass is 444 g/mol. The van der Waals surface area contributed by atoms with E-state index in [1.165, 1.54) is 24.8 Å². The summed E-state index contributed by atoms with van der Waals surface area (Å²) in [6, 6.07) is 9.21. The van der Waals surface area contributed by atoms with Crippen LogP contribution in [0.4, 0.5) is 15.3 Å². The van der Waals surface area contributed by atoms with Gasteiger partial charge in [0, 0.05) is 37.4 Å². The van der Waals surface area contributed by atoms with Gasteiger partial charge in [-0.3, -0.25) is 0 Å². The second-order valence-corrected chi connectivity index (χ2v) is 10.1. The Labute approximate surface area is 192 Å². The third-order valence-corrected chi connectivity index (χ3v) is 6.12. The average Bonchev–Trinajstić information content (AvgIpc) is 2.75. The Morgan fingerprint density at radius 3 is 2.25 bits per heavy atom. The Bertz CT molecular complexity index is 731. The van der Waals surface area contributed by atoms with Crippen molar-refractivity contribution in [2.75, 3.05) is 25.0 Å². The second kappa shape index (κ2) is 11.4. The lowest BCUT2D eigenvalue weighted by Crippen LogP contribution is -2.49. The van der Waals surface area contributed by atoms with E-state index < -0.39 is 5.60 Å². The molecule has 7 nitrogen and oxygen atoms in total. The van der Waals surface area contributed by atoms with Crippen LogP contribution in [0.25, 0.3) is 0 Å². The lowest BCUT2D eigenvalue weighted by atomic mass is 9.95. The van der Waals surface area contributed by atoms with E-state index in [0.29, 0.717) is 18.6 Å². The van der Waals surface area contributed by atoms with Gasteiger partial charge in [-0.15, -0.1) is 0 Å². The van der Waals surface area contributed by atoms with E-state index in [4.69, 9.17) is 4.74 Å². The summed E-state index contributed by atoms with van der Waals surface area (Å²) in [7, 11) is 0. The van der Waals surface area contributed by atoms with Crippen molar-refractivity contribution in [1.82, 2.24) is 15.5 Å². The molecule has 1 aromatic rings. The summed E-state index contributed by atoms with van der Waals surface area (Å²) >= 11 is 0. The Balaban J connectivity index is 1.34. The van der Waals surface area contributed by atoms with Crippen molar-refractivity contribution >= 4 is 17.8 Å². The van der Waals surface area contributed by atoms with Crippen LogP contribution in [-0.2, 0) is 11.2 Å². The van der Waals surface area contributed by atoms with Gasteiger partial charge in [0.1, 0.15) is 5.60 Å². The first kappa shape index (κ1) is 24.2. The molecule has 2 aliphatic rings. The number of rotatable bonds is 6. The quantitative estimate of drug-likeness (QED) is 0.595. The maximum atomic E-state index is 12.5. The lowest BCUT2D eigenvalue weighted by molar-refractivity contribution is 0.0528. The average molecular weight is 445 g/mol. The number of benzene rings is 1. The summed E-state index contributed by atoms with van der Waals surface area (Å²) in [5, 5.41) is 9.62. The summed E-state index contributed by atoms with van der Waals surface area (Å²) in [4.78, 5) is 26.2. The van der Waals surface area contributed by atoms with Crippen LogP contribution in [0, 0.1) is 0 Å². The van der Waals surface area contributed by atoms with E-state index >= 15 is 0 Å². The molecule has 1 aromatic carbocycles. The van der Waals surface area contributed by atoms with Crippen molar-refractivity contribution < 1.29 is 14.3 Å². The molecule has 1 saturated carbocycles. The molecule has 178 valence electrons. The number of piperidine rings is 1. The van der Waals surface area contributed by atoms with E-state index in [1.807, 2.05) is 25.7 Å². The Morgan fingerprint density at radius 1 is 0.969 bits per heavy atom. The number of ether oxygens (including phenoxy) is 1. The van der Waals surface area contributed by atoms with Gasteiger partial charge in [0.05, 0.1) is 0 Å². The number of nitrogens with zero attached hydrogens (tertiary/aromatic N) is 1. The number of amides is 3. The largest absolute Gasteiger partial charge is 0.444 e. The number of carbonyl (C=O) groups excluding carboxylic acids is 2. The molecular weight excluding hydrogens is 404 g/mol. The number of likely N-dealkylation sites (tertiary alicyclic amines) is 1. The maximum Gasteiger partial charge on any atom is 0.407 e. The molecule has 32 heavy (non-hydrogen) atoms. The van der Waals surface area contributed by atoms with Crippen LogP contribution in [0.5, 0.6) is 0 Å². The Kier molecular flexibility index (Phi) is 8.65. The van der Waals surface area contributed by atoms with Gasteiger partial charge in [-0.2, -0.15) is 0 Å². The first-order valence-corrected chi connectivity index (χ1v) is 12.2. The maximum absolute atomic E-state index is 12.5. The highest BCUT2D eigenvalue weighted by molar-refractivity contribution is 5.74. The normalized spacial score (nSPS) is 18.2. The standard InChI is InChI=1S/C25H40N4O3/c1-25(2,3)32-24(31)26-16-13-19-9-11-21(12-10-19)27-22-14-17-29(18-15-22)23(30)28-20-7-5-4-6-8-20/h9-12,20,22,27H,4-8,13-18H2,1-3H3,(H,26,31)(H,28,30). The molecule has 1 aliphatic heterocycles. The number of carbonyl (C=O) groups is 2. The van der Waals surface area contributed by atoms with Gasteiger partial charge in [-0.1, -0.05) is 31.4 Å². The molecule has 3 N–H and O–H groups in total. The number of alkyl carbamates (subject to hydrolysis) is 1. The molecular formula is C25H40N4O3. The van der Waals surface area contributed by atoms with Crippen LogP contribution < -0.4 is 16.0 Å². The van der Waals surface area contributed by atoms with Gasteiger partial charge >= 0.3 is 12.1 Å². The summed E-state index contributed by atoms with van der Waals surface area (Å²) in [5.41, 5.74) is 1.78. The molecule has 0 radical (unpaired) electrons. The molecule has 0 spiro atoms. The van der Waals surface area contributed by atoms with E-state index in [9.17, 15) is 9.59 Å². The van der Waals surface area contributed by atoms with Gasteiger partial charge in [0.2, 0.25) is 0 Å². The second-order valence-electron chi connectivity index (χ2n) is 10.1. The lowest BCUT2D eigenvalue weighted by Gasteiger charge is -2.34. The molecule has 2 fully saturated rings. The van der Waals surface area contributed by atoms with Crippen LogP contribution in [0.15, 0.2) is 24.3 Å². The highest BCUT2D eigenvalue weighted by Gasteiger charge is 2.25. The number of hydrogen-bond acceptors (Lipinski definition) is 4. The van der Waals surface area contributed by atoms with Crippen molar-refractivity contribution in [1.29, 1.82) is 0 Å². The first-order valence-electron chi connectivity index (χ1n) is 12.2. The van der Waals surface area contributed by atoms with Crippen molar-refractivity contribution in [2.45, 2.75) is 89.8 Å². The van der Waals surface area contributed by atoms with Gasteiger partial charge < -0.3 is 25.6 Å². The fraction of sp³-hybridized carbons (Fsp3) is 0.680. The van der Waals surface area contributed by atoms with E-state index in [1.54, 1.807) is 0 Å². The van der Waals surface area contributed by atoms with Gasteiger partial charge in [-0.05, 0) is 70.6 Å². The summed E-state index contributed by atoms with van der Waals surface area (Å²) in [6.45, 7) is 7.70. The van der Waals surface area contributed by atoms with Crippen LogP contribution in [0.1, 0.15) is 71.3 Å². The SMILES string of the molecule is CC(C)(C)OC(=O)NCCc1ccc(NC2CCN(C(=O)NC3CCCCC3)CC2)cc1. The Hall–Kier alpha value is -2.44. The fourth-order valence-electron chi connectivity index (χ4n) is 4.37. The third kappa shape index (κ3) is 8.24. The van der Waals surface area contributed by atoms with E-state index in [2.05, 4.69) is 40.2 Å². The number of hydrogen-bond donors (Lipinski definition) is 3. The molecule has 0 atom stereocenters. The summed E-state index contributed by atoms with van der Waals surface area (Å²) in [5.74, 6) is 0. The highest BCUT2D eigenvalue weighted by atomic mass is 16.6. The van der Waals surface area contributed by atoms with E-state index in [-0.39, 0.29) is 12.1 Å². The zero-order chi connectivity index (χ0) is 23.0. The van der Waals surface area contributed by atoms with Gasteiger partial charge in [-0.25, -0.2) is 9.59 Å². The van der Waals surface area contributed by atoms with Crippen LogP contribution in [0.3, 0.4) is 0 Å². The molecule has 1 aliphatic carbocycles. The summed E-state index contributed by atoms with van der Waals surface area (Å²) < 4.78 is 5.25. The smallest absolute Gasteiger partial charge is 0.407 e. The fourth-order valence-corrected chi connectivity index (χ4v) is 4.37. The van der Waals surface area contributed by atoms with Crippen LogP contribution >= 0.6 is 0 Å². The molecule has 0 unspecified atom stereocenters. The van der Waals surface area contributed by atoms with Crippen molar-refractivity contribution in [2.24, 2.45) is 0 Å².